The molecule has 1 aliphatic heterocycles. The quantitative estimate of drug-likeness (QED) is 0.747. The van der Waals surface area contributed by atoms with Crippen LogP contribution >= 0.6 is 0 Å². The number of nitrogens with zero attached hydrogens (tertiary/aromatic N) is 1. The first-order chi connectivity index (χ1) is 9.95. The number of piperidine rings is 1. The van der Waals surface area contributed by atoms with Crippen molar-refractivity contribution in [2.45, 2.75) is 47.5 Å². The Kier molecular flexibility index (Phi) is 5.69. The highest BCUT2D eigenvalue weighted by Crippen LogP contribution is 2.24. The van der Waals surface area contributed by atoms with E-state index < -0.39 is 0 Å². The lowest BCUT2D eigenvalue weighted by Gasteiger charge is -2.34. The van der Waals surface area contributed by atoms with Crippen LogP contribution in [0.3, 0.4) is 0 Å². The Morgan fingerprint density at radius 2 is 1.76 bits per heavy atom. The molecule has 1 heterocycles. The molecule has 0 spiro atoms. The Bertz CT molecular complexity index is 459. The minimum atomic E-state index is 0.822. The fourth-order valence-corrected chi connectivity index (χ4v) is 3.60. The fraction of sp³-hybridized carbons (Fsp3) is 0.684. The minimum absolute atomic E-state index is 0.822. The number of likely N-dealkylation sites (tertiary alicyclic amines) is 1. The van der Waals surface area contributed by atoms with Crippen molar-refractivity contribution < 1.29 is 4.74 Å². The summed E-state index contributed by atoms with van der Waals surface area (Å²) in [6.45, 7) is 15.7. The van der Waals surface area contributed by atoms with Gasteiger partial charge in [-0.1, -0.05) is 19.9 Å². The SMILES string of the molecule is Cc1cc(C)c(C)c(OCCCN2C[C@H](C)C[C@H](C)C2)c1. The lowest BCUT2D eigenvalue weighted by molar-refractivity contribution is 0.132. The van der Waals surface area contributed by atoms with E-state index in [9.17, 15) is 0 Å². The van der Waals surface area contributed by atoms with Crippen LogP contribution in [0.4, 0.5) is 0 Å². The number of hydrogen-bond acceptors (Lipinski definition) is 2. The van der Waals surface area contributed by atoms with Crippen molar-refractivity contribution in [2.24, 2.45) is 11.8 Å². The molecule has 1 fully saturated rings. The van der Waals surface area contributed by atoms with Crippen LogP contribution in [-0.2, 0) is 0 Å². The number of rotatable bonds is 5. The van der Waals surface area contributed by atoms with Crippen LogP contribution in [0.2, 0.25) is 0 Å². The standard InChI is InChI=1S/C19H31NO/c1-14-10-17(4)18(5)19(11-14)21-8-6-7-20-12-15(2)9-16(3)13-20/h10-11,15-16H,6-9,12-13H2,1-5H3/t15-,16+. The second-order valence-corrected chi connectivity index (χ2v) is 7.11. The van der Waals surface area contributed by atoms with E-state index in [0.29, 0.717) is 0 Å². The van der Waals surface area contributed by atoms with Gasteiger partial charge in [-0.05, 0) is 68.2 Å². The van der Waals surface area contributed by atoms with Crippen molar-refractivity contribution in [1.82, 2.24) is 4.90 Å². The van der Waals surface area contributed by atoms with Crippen molar-refractivity contribution in [1.29, 1.82) is 0 Å². The lowest BCUT2D eigenvalue weighted by atomic mass is 9.92. The average Bonchev–Trinajstić information content (AvgIpc) is 2.39. The van der Waals surface area contributed by atoms with Gasteiger partial charge in [-0.25, -0.2) is 0 Å². The Hall–Kier alpha value is -1.02. The minimum Gasteiger partial charge on any atom is -0.493 e. The maximum absolute atomic E-state index is 6.02. The zero-order valence-electron chi connectivity index (χ0n) is 14.4. The third kappa shape index (κ3) is 4.74. The van der Waals surface area contributed by atoms with Gasteiger partial charge >= 0.3 is 0 Å². The molecule has 21 heavy (non-hydrogen) atoms. The highest BCUT2D eigenvalue weighted by atomic mass is 16.5. The van der Waals surface area contributed by atoms with Crippen molar-refractivity contribution in [3.8, 4) is 5.75 Å². The van der Waals surface area contributed by atoms with Crippen molar-refractivity contribution >= 4 is 0 Å². The molecule has 0 amide bonds. The van der Waals surface area contributed by atoms with Crippen LogP contribution in [-0.4, -0.2) is 31.1 Å². The molecule has 2 heteroatoms. The number of benzene rings is 1. The van der Waals surface area contributed by atoms with Gasteiger partial charge in [0, 0.05) is 19.6 Å². The van der Waals surface area contributed by atoms with Crippen LogP contribution in [0, 0.1) is 32.6 Å². The first-order valence-corrected chi connectivity index (χ1v) is 8.38. The summed E-state index contributed by atoms with van der Waals surface area (Å²) in [6, 6.07) is 4.38. The highest BCUT2D eigenvalue weighted by molar-refractivity contribution is 5.41. The van der Waals surface area contributed by atoms with Crippen molar-refractivity contribution in [3.05, 3.63) is 28.8 Å². The summed E-state index contributed by atoms with van der Waals surface area (Å²) in [6.07, 6.45) is 2.50. The summed E-state index contributed by atoms with van der Waals surface area (Å²) in [5.74, 6) is 2.75. The second kappa shape index (κ2) is 7.31. The Morgan fingerprint density at radius 1 is 1.10 bits per heavy atom. The van der Waals surface area contributed by atoms with Crippen LogP contribution in [0.25, 0.3) is 0 Å². The van der Waals surface area contributed by atoms with Gasteiger partial charge in [0.2, 0.25) is 0 Å². The molecule has 0 aromatic heterocycles. The van der Waals surface area contributed by atoms with Crippen LogP contribution in [0.5, 0.6) is 5.75 Å². The molecular formula is C19H31NO. The molecule has 118 valence electrons. The highest BCUT2D eigenvalue weighted by Gasteiger charge is 2.21. The Balaban J connectivity index is 1.77. The van der Waals surface area contributed by atoms with E-state index >= 15 is 0 Å². The van der Waals surface area contributed by atoms with Crippen molar-refractivity contribution in [2.75, 3.05) is 26.2 Å². The Labute approximate surface area is 130 Å². The average molecular weight is 289 g/mol. The number of aryl methyl sites for hydroxylation is 2. The summed E-state index contributed by atoms with van der Waals surface area (Å²) >= 11 is 0. The van der Waals surface area contributed by atoms with Crippen LogP contribution in [0.15, 0.2) is 12.1 Å². The molecule has 2 nitrogen and oxygen atoms in total. The molecule has 1 aliphatic rings. The Morgan fingerprint density at radius 3 is 2.43 bits per heavy atom. The van der Waals surface area contributed by atoms with E-state index in [2.05, 4.69) is 51.7 Å². The van der Waals surface area contributed by atoms with Crippen LogP contribution in [0.1, 0.15) is 43.4 Å². The second-order valence-electron chi connectivity index (χ2n) is 7.11. The molecule has 1 aromatic carbocycles. The van der Waals surface area contributed by atoms with E-state index in [1.54, 1.807) is 0 Å². The molecule has 0 bridgehead atoms. The molecule has 0 radical (unpaired) electrons. The first kappa shape index (κ1) is 16.4. The maximum atomic E-state index is 6.02. The largest absolute Gasteiger partial charge is 0.493 e. The lowest BCUT2D eigenvalue weighted by Crippen LogP contribution is -2.39. The monoisotopic (exact) mass is 289 g/mol. The van der Waals surface area contributed by atoms with Crippen LogP contribution < -0.4 is 4.74 Å². The van der Waals surface area contributed by atoms with E-state index in [1.807, 2.05) is 0 Å². The normalized spacial score (nSPS) is 23.3. The van der Waals surface area contributed by atoms with Gasteiger partial charge in [0.05, 0.1) is 6.61 Å². The summed E-state index contributed by atoms with van der Waals surface area (Å²) in [7, 11) is 0. The summed E-state index contributed by atoms with van der Waals surface area (Å²) in [5.41, 5.74) is 3.89. The third-order valence-corrected chi connectivity index (χ3v) is 4.58. The summed E-state index contributed by atoms with van der Waals surface area (Å²) in [4.78, 5) is 2.61. The van der Waals surface area contributed by atoms with E-state index in [-0.39, 0.29) is 0 Å². The molecule has 0 aliphatic carbocycles. The molecule has 1 aromatic rings. The molecule has 0 unspecified atom stereocenters. The molecule has 2 atom stereocenters. The van der Waals surface area contributed by atoms with E-state index in [0.717, 1.165) is 30.6 Å². The molecule has 1 saturated heterocycles. The molecule has 2 rings (SSSR count). The smallest absolute Gasteiger partial charge is 0.122 e. The van der Waals surface area contributed by atoms with E-state index in [1.165, 1.54) is 42.7 Å². The molecule has 0 N–H and O–H groups in total. The maximum Gasteiger partial charge on any atom is 0.122 e. The zero-order valence-corrected chi connectivity index (χ0v) is 14.4. The predicted octanol–water partition coefficient (Wildman–Crippen LogP) is 4.36. The van der Waals surface area contributed by atoms with Gasteiger partial charge in [0.15, 0.2) is 0 Å². The van der Waals surface area contributed by atoms with Gasteiger partial charge in [-0.3, -0.25) is 0 Å². The molecular weight excluding hydrogens is 258 g/mol. The van der Waals surface area contributed by atoms with E-state index in [4.69, 9.17) is 4.74 Å². The topological polar surface area (TPSA) is 12.5 Å². The number of ether oxygens (including phenoxy) is 1. The third-order valence-electron chi connectivity index (χ3n) is 4.58. The van der Waals surface area contributed by atoms with Gasteiger partial charge < -0.3 is 9.64 Å². The van der Waals surface area contributed by atoms with Crippen molar-refractivity contribution in [3.63, 3.8) is 0 Å². The fourth-order valence-electron chi connectivity index (χ4n) is 3.60. The predicted molar refractivity (Wildman–Crippen MR) is 90.2 cm³/mol. The molecule has 0 saturated carbocycles. The first-order valence-electron chi connectivity index (χ1n) is 8.38. The summed E-state index contributed by atoms with van der Waals surface area (Å²) < 4.78 is 6.02. The van der Waals surface area contributed by atoms with Gasteiger partial charge in [0.1, 0.15) is 5.75 Å². The summed E-state index contributed by atoms with van der Waals surface area (Å²) in [5, 5.41) is 0. The number of hydrogen-bond donors (Lipinski definition) is 0. The van der Waals surface area contributed by atoms with Gasteiger partial charge in [0.25, 0.3) is 0 Å². The van der Waals surface area contributed by atoms with Gasteiger partial charge in [-0.15, -0.1) is 0 Å². The zero-order chi connectivity index (χ0) is 15.4. The van der Waals surface area contributed by atoms with Gasteiger partial charge in [-0.2, -0.15) is 0 Å².